The third-order valence-corrected chi connectivity index (χ3v) is 3.77. The number of hydrogen-bond donors (Lipinski definition) is 1. The fourth-order valence-corrected chi connectivity index (χ4v) is 2.27. The smallest absolute Gasteiger partial charge is 0.148 e. The van der Waals surface area contributed by atoms with Gasteiger partial charge < -0.3 is 5.32 Å². The van der Waals surface area contributed by atoms with Crippen LogP contribution in [0.1, 0.15) is 35.6 Å². The lowest BCUT2D eigenvalue weighted by Gasteiger charge is -2.06. The van der Waals surface area contributed by atoms with Crippen LogP contribution in [0.15, 0.2) is 6.33 Å². The van der Waals surface area contributed by atoms with Gasteiger partial charge in [0.15, 0.2) is 0 Å². The lowest BCUT2D eigenvalue weighted by atomic mass is 10.2. The minimum atomic E-state index is 0.673. The van der Waals surface area contributed by atoms with Gasteiger partial charge in [-0.3, -0.25) is 9.36 Å². The van der Waals surface area contributed by atoms with E-state index in [-0.39, 0.29) is 0 Å². The molecule has 2 aromatic rings. The van der Waals surface area contributed by atoms with Gasteiger partial charge in [-0.1, -0.05) is 0 Å². The number of nitrogens with zero attached hydrogens (tertiary/aromatic N) is 5. The topological polar surface area (TPSA) is 60.6 Å². The quantitative estimate of drug-likeness (QED) is 0.868. The minimum absolute atomic E-state index is 0.673. The van der Waals surface area contributed by atoms with Crippen LogP contribution in [0, 0.1) is 13.8 Å². The van der Waals surface area contributed by atoms with Gasteiger partial charge in [-0.2, -0.15) is 10.2 Å². The number of aryl methyl sites for hydroxylation is 2. The Bertz CT molecular complexity index is 578. The molecule has 19 heavy (non-hydrogen) atoms. The van der Waals surface area contributed by atoms with Crippen LogP contribution < -0.4 is 5.32 Å². The van der Waals surface area contributed by atoms with Crippen LogP contribution in [-0.4, -0.2) is 30.6 Å². The highest BCUT2D eigenvalue weighted by molar-refractivity contribution is 5.25. The van der Waals surface area contributed by atoms with Crippen LogP contribution in [0.5, 0.6) is 0 Å². The molecule has 0 unspecified atom stereocenters. The molecule has 0 aromatic carbocycles. The summed E-state index contributed by atoms with van der Waals surface area (Å²) in [6.07, 6.45) is 4.20. The van der Waals surface area contributed by atoms with Crippen molar-refractivity contribution in [2.24, 2.45) is 7.05 Å². The van der Waals surface area contributed by atoms with Gasteiger partial charge in [0.1, 0.15) is 18.7 Å². The molecule has 1 fully saturated rings. The Morgan fingerprint density at radius 2 is 2.16 bits per heavy atom. The van der Waals surface area contributed by atoms with E-state index in [9.17, 15) is 0 Å². The molecule has 2 heterocycles. The van der Waals surface area contributed by atoms with Gasteiger partial charge >= 0.3 is 0 Å². The van der Waals surface area contributed by atoms with Gasteiger partial charge in [0.2, 0.25) is 0 Å². The zero-order valence-corrected chi connectivity index (χ0v) is 11.7. The van der Waals surface area contributed by atoms with Crippen LogP contribution in [0.3, 0.4) is 0 Å². The molecule has 0 amide bonds. The normalized spacial score (nSPS) is 15.1. The summed E-state index contributed by atoms with van der Waals surface area (Å²) in [5, 5.41) is 12.3. The Kier molecular flexibility index (Phi) is 3.10. The maximum absolute atomic E-state index is 4.62. The van der Waals surface area contributed by atoms with Crippen LogP contribution in [0.2, 0.25) is 0 Å². The summed E-state index contributed by atoms with van der Waals surface area (Å²) in [7, 11) is 1.91. The van der Waals surface area contributed by atoms with Crippen molar-refractivity contribution in [3.05, 3.63) is 29.1 Å². The molecule has 0 spiro atoms. The molecule has 0 saturated heterocycles. The molecule has 0 aliphatic heterocycles. The standard InChI is InChI=1S/C13H20N6/c1-9-12(6-14-11-4-5-11)10(2)19(17-9)7-13-15-8-16-18(13)3/h8,11,14H,4-7H2,1-3H3. The second kappa shape index (κ2) is 4.77. The molecule has 1 N–H and O–H groups in total. The maximum atomic E-state index is 4.62. The maximum Gasteiger partial charge on any atom is 0.148 e. The van der Waals surface area contributed by atoms with Gasteiger partial charge in [0, 0.05) is 30.9 Å². The highest BCUT2D eigenvalue weighted by Gasteiger charge is 2.21. The number of aromatic nitrogens is 5. The number of nitrogens with one attached hydrogen (secondary N) is 1. The SMILES string of the molecule is Cc1nn(Cc2ncnn2C)c(C)c1CNC1CC1. The molecule has 2 aromatic heterocycles. The van der Waals surface area contributed by atoms with E-state index in [2.05, 4.69) is 34.3 Å². The molecular formula is C13H20N6. The van der Waals surface area contributed by atoms with E-state index in [0.29, 0.717) is 6.54 Å². The van der Waals surface area contributed by atoms with Crippen molar-refractivity contribution in [2.45, 2.75) is 45.8 Å². The summed E-state index contributed by atoms with van der Waals surface area (Å²) in [6.45, 7) is 5.79. The van der Waals surface area contributed by atoms with Crippen molar-refractivity contribution >= 4 is 0 Å². The summed E-state index contributed by atoms with van der Waals surface area (Å²) < 4.78 is 3.81. The molecule has 6 heteroatoms. The number of rotatable bonds is 5. The van der Waals surface area contributed by atoms with Crippen LogP contribution in [0.25, 0.3) is 0 Å². The van der Waals surface area contributed by atoms with Gasteiger partial charge in [-0.05, 0) is 26.7 Å². The summed E-state index contributed by atoms with van der Waals surface area (Å²) in [5.41, 5.74) is 3.63. The zero-order chi connectivity index (χ0) is 13.4. The fourth-order valence-electron chi connectivity index (χ4n) is 2.27. The van der Waals surface area contributed by atoms with Crippen molar-refractivity contribution in [1.82, 2.24) is 29.9 Å². The molecule has 102 valence electrons. The first kappa shape index (κ1) is 12.3. The second-order valence-electron chi connectivity index (χ2n) is 5.26. The lowest BCUT2D eigenvalue weighted by Crippen LogP contribution is -2.16. The average Bonchev–Trinajstić information content (AvgIpc) is 3.06. The van der Waals surface area contributed by atoms with Gasteiger partial charge in [-0.25, -0.2) is 4.98 Å². The van der Waals surface area contributed by atoms with Gasteiger partial charge in [0.05, 0.1) is 5.69 Å². The second-order valence-corrected chi connectivity index (χ2v) is 5.26. The highest BCUT2D eigenvalue weighted by Crippen LogP contribution is 2.21. The Hall–Kier alpha value is -1.69. The summed E-state index contributed by atoms with van der Waals surface area (Å²) in [6, 6.07) is 0.723. The largest absolute Gasteiger partial charge is 0.310 e. The molecule has 0 bridgehead atoms. The Balaban J connectivity index is 1.78. The molecule has 0 radical (unpaired) electrons. The molecule has 1 aliphatic rings. The van der Waals surface area contributed by atoms with E-state index < -0.39 is 0 Å². The van der Waals surface area contributed by atoms with Crippen molar-refractivity contribution in [2.75, 3.05) is 0 Å². The monoisotopic (exact) mass is 260 g/mol. The van der Waals surface area contributed by atoms with Crippen LogP contribution >= 0.6 is 0 Å². The Morgan fingerprint density at radius 3 is 2.79 bits per heavy atom. The first-order valence-electron chi connectivity index (χ1n) is 6.74. The third-order valence-electron chi connectivity index (χ3n) is 3.77. The molecule has 1 saturated carbocycles. The number of hydrogen-bond acceptors (Lipinski definition) is 4. The predicted octanol–water partition coefficient (Wildman–Crippen LogP) is 0.929. The van der Waals surface area contributed by atoms with Crippen LogP contribution in [0.4, 0.5) is 0 Å². The molecule has 0 atom stereocenters. The van der Waals surface area contributed by atoms with Gasteiger partial charge in [-0.15, -0.1) is 0 Å². The first-order chi connectivity index (χ1) is 9.15. The molecule has 6 nitrogen and oxygen atoms in total. The highest BCUT2D eigenvalue weighted by atomic mass is 15.4. The Labute approximate surface area is 112 Å². The van der Waals surface area contributed by atoms with E-state index >= 15 is 0 Å². The Morgan fingerprint density at radius 1 is 1.37 bits per heavy atom. The first-order valence-corrected chi connectivity index (χ1v) is 6.74. The van der Waals surface area contributed by atoms with E-state index in [1.807, 2.05) is 11.7 Å². The summed E-state index contributed by atoms with van der Waals surface area (Å²) in [5.74, 6) is 0.923. The van der Waals surface area contributed by atoms with Crippen molar-refractivity contribution in [1.29, 1.82) is 0 Å². The summed E-state index contributed by atoms with van der Waals surface area (Å²) in [4.78, 5) is 4.25. The predicted molar refractivity (Wildman–Crippen MR) is 71.7 cm³/mol. The fraction of sp³-hybridized carbons (Fsp3) is 0.615. The third kappa shape index (κ3) is 2.53. The zero-order valence-electron chi connectivity index (χ0n) is 11.7. The average molecular weight is 260 g/mol. The van der Waals surface area contributed by atoms with Crippen molar-refractivity contribution in [3.63, 3.8) is 0 Å². The molecule has 3 rings (SSSR count). The minimum Gasteiger partial charge on any atom is -0.310 e. The van der Waals surface area contributed by atoms with E-state index in [4.69, 9.17) is 0 Å². The van der Waals surface area contributed by atoms with Gasteiger partial charge in [0.25, 0.3) is 0 Å². The molecule has 1 aliphatic carbocycles. The van der Waals surface area contributed by atoms with E-state index in [1.165, 1.54) is 24.1 Å². The lowest BCUT2D eigenvalue weighted by molar-refractivity contribution is 0.591. The van der Waals surface area contributed by atoms with Crippen molar-refractivity contribution < 1.29 is 0 Å². The van der Waals surface area contributed by atoms with Crippen LogP contribution in [-0.2, 0) is 20.1 Å². The van der Waals surface area contributed by atoms with Crippen molar-refractivity contribution in [3.8, 4) is 0 Å². The molecular weight excluding hydrogens is 240 g/mol. The summed E-state index contributed by atoms with van der Waals surface area (Å²) >= 11 is 0. The van der Waals surface area contributed by atoms with E-state index in [1.54, 1.807) is 11.0 Å². The van der Waals surface area contributed by atoms with E-state index in [0.717, 1.165) is 24.1 Å².